The van der Waals surface area contributed by atoms with Crippen molar-refractivity contribution in [2.24, 2.45) is 0 Å². The van der Waals surface area contributed by atoms with Crippen LogP contribution in [0.15, 0.2) is 29.2 Å². The number of aromatic amines is 1. The number of alkyl halides is 3. The molecule has 0 aliphatic heterocycles. The van der Waals surface area contributed by atoms with E-state index in [4.69, 9.17) is 5.11 Å². The predicted molar refractivity (Wildman–Crippen MR) is 61.2 cm³/mol. The third-order valence-electron chi connectivity index (χ3n) is 2.40. The summed E-state index contributed by atoms with van der Waals surface area (Å²) >= 11 is 0. The van der Waals surface area contributed by atoms with Crippen molar-refractivity contribution < 1.29 is 23.1 Å². The van der Waals surface area contributed by atoms with Crippen molar-refractivity contribution in [1.29, 1.82) is 0 Å². The number of carbonyl (C=O) groups is 1. The highest BCUT2D eigenvalue weighted by molar-refractivity contribution is 5.93. The lowest BCUT2D eigenvalue weighted by Gasteiger charge is -2.10. The number of anilines is 1. The van der Waals surface area contributed by atoms with Crippen LogP contribution in [0.1, 0.15) is 10.4 Å². The Hall–Kier alpha value is -2.51. The first-order chi connectivity index (χ1) is 8.78. The van der Waals surface area contributed by atoms with Crippen molar-refractivity contribution in [3.8, 4) is 0 Å². The van der Waals surface area contributed by atoms with E-state index in [0.29, 0.717) is 0 Å². The van der Waals surface area contributed by atoms with Gasteiger partial charge in [0.05, 0.1) is 0 Å². The molecule has 1 aromatic heterocycles. The van der Waals surface area contributed by atoms with Gasteiger partial charge in [0.15, 0.2) is 0 Å². The molecule has 0 amide bonds. The summed E-state index contributed by atoms with van der Waals surface area (Å²) in [6.07, 6.45) is -3.63. The van der Waals surface area contributed by atoms with E-state index in [9.17, 15) is 22.8 Å². The Labute approximate surface area is 103 Å². The normalized spacial score (nSPS) is 11.5. The van der Waals surface area contributed by atoms with Crippen LogP contribution in [0.5, 0.6) is 0 Å². The fourth-order valence-corrected chi connectivity index (χ4v) is 1.62. The number of hydrogen-bond acceptors (Lipinski definition) is 3. The van der Waals surface area contributed by atoms with Crippen LogP contribution in [-0.2, 0) is 0 Å². The molecule has 100 valence electrons. The van der Waals surface area contributed by atoms with Gasteiger partial charge in [0, 0.05) is 22.8 Å². The number of benzene rings is 1. The molecule has 0 aliphatic rings. The molecule has 1 heterocycles. The van der Waals surface area contributed by atoms with Crippen molar-refractivity contribution in [3.63, 3.8) is 0 Å². The highest BCUT2D eigenvalue weighted by atomic mass is 19.4. The number of pyridine rings is 1. The van der Waals surface area contributed by atoms with E-state index in [0.717, 1.165) is 18.3 Å². The molecule has 0 saturated heterocycles. The molecule has 0 fully saturated rings. The molecule has 8 heteroatoms. The number of carboxylic acids is 1. The largest absolute Gasteiger partial charge is 0.482 e. The quantitative estimate of drug-likeness (QED) is 0.732. The van der Waals surface area contributed by atoms with Gasteiger partial charge in [-0.3, -0.25) is 10.1 Å². The number of carboxylic acid groups (broad SMARTS) is 1. The van der Waals surface area contributed by atoms with Crippen LogP contribution in [0.2, 0.25) is 0 Å². The van der Waals surface area contributed by atoms with E-state index in [-0.39, 0.29) is 16.6 Å². The molecule has 3 N–H and O–H groups in total. The number of nitrogens with one attached hydrogen (secondary N) is 2. The molecular formula is C11H7F3N2O3. The van der Waals surface area contributed by atoms with E-state index in [1.807, 2.05) is 0 Å². The second-order valence-electron chi connectivity index (χ2n) is 3.72. The first-order valence-corrected chi connectivity index (χ1v) is 5.01. The van der Waals surface area contributed by atoms with Crippen LogP contribution in [0.3, 0.4) is 0 Å². The average Bonchev–Trinajstić information content (AvgIpc) is 2.27. The monoisotopic (exact) mass is 272 g/mol. The summed E-state index contributed by atoms with van der Waals surface area (Å²) in [6.45, 7) is 0. The summed E-state index contributed by atoms with van der Waals surface area (Å²) in [5.74, 6) is -1.45. The van der Waals surface area contributed by atoms with Crippen LogP contribution in [-0.4, -0.2) is 22.4 Å². The molecule has 19 heavy (non-hydrogen) atoms. The molecule has 0 spiro atoms. The van der Waals surface area contributed by atoms with E-state index in [2.05, 4.69) is 4.98 Å². The fourth-order valence-electron chi connectivity index (χ4n) is 1.62. The van der Waals surface area contributed by atoms with Crippen LogP contribution >= 0.6 is 0 Å². The van der Waals surface area contributed by atoms with Crippen molar-refractivity contribution in [3.05, 3.63) is 40.2 Å². The standard InChI is InChI=1S/C11H7F3N2O3/c12-11(13,14)16-5-1-2-8-6(3-5)9(17)7(4-15-8)10(18)19/h1-4,16H,(H,15,17)(H,18,19). The number of halogens is 3. The number of fused-ring (bicyclic) bond motifs is 1. The van der Waals surface area contributed by atoms with Crippen molar-refractivity contribution in [1.82, 2.24) is 4.98 Å². The van der Waals surface area contributed by atoms with Crippen LogP contribution < -0.4 is 10.7 Å². The van der Waals surface area contributed by atoms with Gasteiger partial charge in [-0.2, -0.15) is 13.2 Å². The molecule has 0 aliphatic carbocycles. The van der Waals surface area contributed by atoms with Crippen molar-refractivity contribution in [2.45, 2.75) is 6.30 Å². The van der Waals surface area contributed by atoms with Gasteiger partial charge in [0.1, 0.15) is 5.56 Å². The zero-order valence-electron chi connectivity index (χ0n) is 9.21. The molecule has 1 aromatic carbocycles. The number of aromatic nitrogens is 1. The van der Waals surface area contributed by atoms with E-state index in [1.54, 1.807) is 0 Å². The maximum atomic E-state index is 12.2. The Morgan fingerprint density at radius 3 is 2.58 bits per heavy atom. The molecule has 2 aromatic rings. The highest BCUT2D eigenvalue weighted by Gasteiger charge is 2.27. The summed E-state index contributed by atoms with van der Waals surface area (Å²) in [4.78, 5) is 25.1. The van der Waals surface area contributed by atoms with Crippen LogP contribution in [0, 0.1) is 0 Å². The Kier molecular flexibility index (Phi) is 2.93. The Bertz CT molecular complexity index is 706. The Morgan fingerprint density at radius 2 is 2.00 bits per heavy atom. The lowest BCUT2D eigenvalue weighted by atomic mass is 10.1. The maximum Gasteiger partial charge on any atom is 0.482 e. The van der Waals surface area contributed by atoms with Gasteiger partial charge >= 0.3 is 12.3 Å². The van der Waals surface area contributed by atoms with Gasteiger partial charge in [-0.25, -0.2) is 4.79 Å². The molecule has 0 unspecified atom stereocenters. The van der Waals surface area contributed by atoms with Gasteiger partial charge in [-0.05, 0) is 18.2 Å². The number of hydrogen-bond donors (Lipinski definition) is 3. The molecule has 5 nitrogen and oxygen atoms in total. The number of aromatic carboxylic acids is 1. The first-order valence-electron chi connectivity index (χ1n) is 5.01. The van der Waals surface area contributed by atoms with Gasteiger partial charge in [-0.15, -0.1) is 0 Å². The third kappa shape index (κ3) is 2.67. The zero-order valence-corrected chi connectivity index (χ0v) is 9.21. The topological polar surface area (TPSA) is 82.2 Å². The van der Waals surface area contributed by atoms with E-state index < -0.39 is 23.3 Å². The van der Waals surface area contributed by atoms with E-state index in [1.165, 1.54) is 11.4 Å². The van der Waals surface area contributed by atoms with E-state index >= 15 is 0 Å². The lowest BCUT2D eigenvalue weighted by Crippen LogP contribution is -2.21. The SMILES string of the molecule is O=C(O)c1c[nH]c2ccc(NC(F)(F)F)cc2c1=O. The maximum absolute atomic E-state index is 12.2. The molecule has 0 saturated carbocycles. The summed E-state index contributed by atoms with van der Waals surface area (Å²) in [5.41, 5.74) is -1.46. The summed E-state index contributed by atoms with van der Waals surface area (Å²) in [6, 6.07) is 3.34. The van der Waals surface area contributed by atoms with Crippen molar-refractivity contribution in [2.75, 3.05) is 5.32 Å². The van der Waals surface area contributed by atoms with Crippen LogP contribution in [0.4, 0.5) is 18.9 Å². The molecule has 2 rings (SSSR count). The van der Waals surface area contributed by atoms with Crippen molar-refractivity contribution >= 4 is 22.6 Å². The summed E-state index contributed by atoms with van der Waals surface area (Å²) in [5, 5.41) is 9.88. The molecule has 0 radical (unpaired) electrons. The Morgan fingerprint density at radius 1 is 1.32 bits per heavy atom. The van der Waals surface area contributed by atoms with Gasteiger partial charge < -0.3 is 10.1 Å². The second kappa shape index (κ2) is 4.30. The van der Waals surface area contributed by atoms with Gasteiger partial charge in [0.2, 0.25) is 5.43 Å². The van der Waals surface area contributed by atoms with Gasteiger partial charge in [0.25, 0.3) is 0 Å². The fraction of sp³-hybridized carbons (Fsp3) is 0.0909. The first kappa shape index (κ1) is 12.9. The second-order valence-corrected chi connectivity index (χ2v) is 3.72. The minimum atomic E-state index is -4.63. The minimum Gasteiger partial charge on any atom is -0.477 e. The molecule has 0 bridgehead atoms. The average molecular weight is 272 g/mol. The highest BCUT2D eigenvalue weighted by Crippen LogP contribution is 2.22. The van der Waals surface area contributed by atoms with Crippen LogP contribution in [0.25, 0.3) is 10.9 Å². The lowest BCUT2D eigenvalue weighted by molar-refractivity contribution is -0.0999. The minimum absolute atomic E-state index is 0.130. The summed E-state index contributed by atoms with van der Waals surface area (Å²) < 4.78 is 36.5. The molecule has 0 atom stereocenters. The third-order valence-corrected chi connectivity index (χ3v) is 2.40. The Balaban J connectivity index is 2.61. The number of rotatable bonds is 2. The predicted octanol–water partition coefficient (Wildman–Crippen LogP) is 2.16. The summed E-state index contributed by atoms with van der Waals surface area (Å²) in [7, 11) is 0. The molecular weight excluding hydrogens is 265 g/mol. The van der Waals surface area contributed by atoms with Gasteiger partial charge in [-0.1, -0.05) is 0 Å². The number of H-pyrrole nitrogens is 1. The smallest absolute Gasteiger partial charge is 0.477 e. The zero-order chi connectivity index (χ0) is 14.2.